The van der Waals surface area contributed by atoms with Crippen molar-refractivity contribution in [3.8, 4) is 39.6 Å². The minimum absolute atomic E-state index is 0.317. The van der Waals surface area contributed by atoms with Crippen molar-refractivity contribution in [2.45, 2.75) is 13.8 Å². The van der Waals surface area contributed by atoms with Gasteiger partial charge in [-0.2, -0.15) is 5.06 Å². The first-order chi connectivity index (χ1) is 15.9. The normalized spacial score (nSPS) is 10.8. The quantitative estimate of drug-likeness (QED) is 0.465. The Hall–Kier alpha value is -3.72. The number of rotatable bonds is 9. The molecule has 3 aromatic rings. The van der Waals surface area contributed by atoms with Crippen LogP contribution in [-0.2, 0) is 4.84 Å². The molecule has 0 spiro atoms. The van der Waals surface area contributed by atoms with Gasteiger partial charge in [0.2, 0.25) is 5.75 Å². The molecule has 0 saturated carbocycles. The molecule has 1 heterocycles. The van der Waals surface area contributed by atoms with Gasteiger partial charge in [0.05, 0.1) is 34.1 Å². The number of methoxy groups -OCH3 is 3. The molecule has 0 unspecified atom stereocenters. The molecule has 2 aromatic carbocycles. The summed E-state index contributed by atoms with van der Waals surface area (Å²) < 4.78 is 21.6. The summed E-state index contributed by atoms with van der Waals surface area (Å²) in [5, 5.41) is 8.25. The highest BCUT2D eigenvalue weighted by Gasteiger charge is 2.21. The molecule has 0 bridgehead atoms. The average Bonchev–Trinajstić information content (AvgIpc) is 3.32. The number of benzene rings is 2. The highest BCUT2D eigenvalue weighted by molar-refractivity contribution is 5.91. The molecule has 9 heteroatoms. The molecule has 33 heavy (non-hydrogen) atoms. The number of urea groups is 1. The SMILES string of the molecule is COc1cc(-c2nocc2-c2cccc(N(OC)C(=O)NCC(C)C)c2)cc(OC)c1OC. The number of aromatic nitrogens is 1. The zero-order chi connectivity index (χ0) is 24.0. The summed E-state index contributed by atoms with van der Waals surface area (Å²) in [5.41, 5.74) is 3.38. The third kappa shape index (κ3) is 5.20. The largest absolute Gasteiger partial charge is 0.493 e. The van der Waals surface area contributed by atoms with Gasteiger partial charge in [0.1, 0.15) is 12.0 Å². The third-order valence-corrected chi connectivity index (χ3v) is 4.93. The molecule has 0 atom stereocenters. The van der Waals surface area contributed by atoms with E-state index in [4.69, 9.17) is 23.6 Å². The zero-order valence-corrected chi connectivity index (χ0v) is 19.7. The van der Waals surface area contributed by atoms with Crippen LogP contribution in [0, 0.1) is 5.92 Å². The van der Waals surface area contributed by atoms with Crippen LogP contribution >= 0.6 is 0 Å². The van der Waals surface area contributed by atoms with Gasteiger partial charge in [0.25, 0.3) is 0 Å². The van der Waals surface area contributed by atoms with Crippen molar-refractivity contribution >= 4 is 11.7 Å². The first-order valence-electron chi connectivity index (χ1n) is 10.4. The number of nitrogens with zero attached hydrogens (tertiary/aromatic N) is 2. The predicted molar refractivity (Wildman–Crippen MR) is 125 cm³/mol. The van der Waals surface area contributed by atoms with Crippen LogP contribution in [0.2, 0.25) is 0 Å². The Morgan fingerprint density at radius 1 is 1.03 bits per heavy atom. The standard InChI is InChI=1S/C24H29N3O6/c1-15(2)13-25-24(28)27(32-6)18-9-7-8-16(10-18)19-14-33-26-22(19)17-11-20(29-3)23(31-5)21(12-17)30-4/h7-12,14-15H,13H2,1-6H3,(H,25,28). The van der Waals surface area contributed by atoms with Gasteiger partial charge in [-0.1, -0.05) is 31.1 Å². The Morgan fingerprint density at radius 3 is 2.30 bits per heavy atom. The smallest absolute Gasteiger partial charge is 0.346 e. The monoisotopic (exact) mass is 455 g/mol. The Morgan fingerprint density at radius 2 is 1.73 bits per heavy atom. The van der Waals surface area contributed by atoms with Crippen LogP contribution in [0.3, 0.4) is 0 Å². The molecule has 1 aromatic heterocycles. The number of hydroxylamine groups is 1. The number of carbonyl (C=O) groups is 1. The molecule has 176 valence electrons. The maximum Gasteiger partial charge on any atom is 0.346 e. The van der Waals surface area contributed by atoms with Crippen molar-refractivity contribution in [2.24, 2.45) is 5.92 Å². The first-order valence-corrected chi connectivity index (χ1v) is 10.4. The fraction of sp³-hybridized carbons (Fsp3) is 0.333. The fourth-order valence-electron chi connectivity index (χ4n) is 3.34. The Bertz CT molecular complexity index is 1070. The van der Waals surface area contributed by atoms with Crippen LogP contribution in [0.1, 0.15) is 13.8 Å². The van der Waals surface area contributed by atoms with Gasteiger partial charge in [-0.15, -0.1) is 0 Å². The van der Waals surface area contributed by atoms with Crippen molar-refractivity contribution in [3.63, 3.8) is 0 Å². The van der Waals surface area contributed by atoms with Gasteiger partial charge in [-0.3, -0.25) is 4.84 Å². The van der Waals surface area contributed by atoms with Crippen molar-refractivity contribution < 1.29 is 28.4 Å². The van der Waals surface area contributed by atoms with Gasteiger partial charge in [-0.05, 0) is 35.7 Å². The average molecular weight is 456 g/mol. The second kappa shape index (κ2) is 10.7. The maximum absolute atomic E-state index is 12.6. The zero-order valence-electron chi connectivity index (χ0n) is 19.7. The van der Waals surface area contributed by atoms with E-state index >= 15 is 0 Å². The van der Waals surface area contributed by atoms with Crippen LogP contribution in [0.5, 0.6) is 17.2 Å². The molecule has 0 aliphatic rings. The van der Waals surface area contributed by atoms with Gasteiger partial charge in [-0.25, -0.2) is 4.79 Å². The molecule has 0 radical (unpaired) electrons. The van der Waals surface area contributed by atoms with Crippen LogP contribution in [0.4, 0.5) is 10.5 Å². The first kappa shape index (κ1) is 23.9. The van der Waals surface area contributed by atoms with Gasteiger partial charge < -0.3 is 24.1 Å². The number of hydrogen-bond donors (Lipinski definition) is 1. The van der Waals surface area contributed by atoms with Gasteiger partial charge >= 0.3 is 6.03 Å². The lowest BCUT2D eigenvalue weighted by Crippen LogP contribution is -2.40. The Kier molecular flexibility index (Phi) is 7.78. The van der Waals surface area contributed by atoms with E-state index in [0.717, 1.165) is 16.7 Å². The third-order valence-electron chi connectivity index (χ3n) is 4.93. The van der Waals surface area contributed by atoms with Gasteiger partial charge in [0.15, 0.2) is 11.5 Å². The second-order valence-corrected chi connectivity index (χ2v) is 7.60. The summed E-state index contributed by atoms with van der Waals surface area (Å²) in [6.07, 6.45) is 1.55. The number of hydrogen-bond acceptors (Lipinski definition) is 7. The van der Waals surface area contributed by atoms with Crippen molar-refractivity contribution in [2.75, 3.05) is 40.0 Å². The molecule has 0 aliphatic carbocycles. The molecule has 1 N–H and O–H groups in total. The van der Waals surface area contributed by atoms with E-state index < -0.39 is 0 Å². The Balaban J connectivity index is 2.00. The minimum Gasteiger partial charge on any atom is -0.493 e. The van der Waals surface area contributed by atoms with Crippen LogP contribution in [0.15, 0.2) is 47.2 Å². The molecular weight excluding hydrogens is 426 g/mol. The van der Waals surface area contributed by atoms with E-state index in [0.29, 0.717) is 41.1 Å². The number of nitrogens with one attached hydrogen (secondary N) is 1. The molecule has 0 saturated heterocycles. The van der Waals surface area contributed by atoms with E-state index in [9.17, 15) is 4.79 Å². The predicted octanol–water partition coefficient (Wildman–Crippen LogP) is 4.77. The Labute approximate surface area is 193 Å². The van der Waals surface area contributed by atoms with Crippen LogP contribution in [-0.4, -0.2) is 46.2 Å². The molecular formula is C24H29N3O6. The molecule has 0 fully saturated rings. The topological polar surface area (TPSA) is 95.3 Å². The summed E-state index contributed by atoms with van der Waals surface area (Å²) in [5.74, 6) is 1.81. The van der Waals surface area contributed by atoms with Crippen molar-refractivity contribution in [1.29, 1.82) is 0 Å². The highest BCUT2D eigenvalue weighted by atomic mass is 16.7. The van der Waals surface area contributed by atoms with E-state index in [2.05, 4.69) is 10.5 Å². The molecule has 3 rings (SSSR count). The summed E-state index contributed by atoms with van der Waals surface area (Å²) in [6, 6.07) is 10.6. The van der Waals surface area contributed by atoms with Gasteiger partial charge in [0, 0.05) is 17.7 Å². The van der Waals surface area contributed by atoms with Crippen LogP contribution in [0.25, 0.3) is 22.4 Å². The molecule has 0 aliphatic heterocycles. The number of amides is 2. The summed E-state index contributed by atoms with van der Waals surface area (Å²) in [7, 11) is 6.10. The fourth-order valence-corrected chi connectivity index (χ4v) is 3.34. The number of carbonyl (C=O) groups excluding carboxylic acids is 1. The maximum atomic E-state index is 12.6. The van der Waals surface area contributed by atoms with Crippen molar-refractivity contribution in [3.05, 3.63) is 42.7 Å². The summed E-state index contributed by atoms with van der Waals surface area (Å²) in [6.45, 7) is 4.58. The molecule has 2 amide bonds. The lowest BCUT2D eigenvalue weighted by molar-refractivity contribution is 0.162. The molecule has 9 nitrogen and oxygen atoms in total. The highest BCUT2D eigenvalue weighted by Crippen LogP contribution is 2.43. The number of anilines is 1. The lowest BCUT2D eigenvalue weighted by atomic mass is 10.0. The van der Waals surface area contributed by atoms with Crippen molar-refractivity contribution in [1.82, 2.24) is 10.5 Å². The summed E-state index contributed by atoms with van der Waals surface area (Å²) in [4.78, 5) is 17.9. The van der Waals surface area contributed by atoms with E-state index in [-0.39, 0.29) is 6.03 Å². The second-order valence-electron chi connectivity index (χ2n) is 7.60. The van der Waals surface area contributed by atoms with E-state index in [1.807, 2.05) is 32.0 Å². The minimum atomic E-state index is -0.349. The lowest BCUT2D eigenvalue weighted by Gasteiger charge is -2.21. The van der Waals surface area contributed by atoms with E-state index in [1.54, 1.807) is 45.8 Å². The summed E-state index contributed by atoms with van der Waals surface area (Å²) >= 11 is 0. The van der Waals surface area contributed by atoms with Crippen LogP contribution < -0.4 is 24.6 Å². The number of ether oxygens (including phenoxy) is 3. The van der Waals surface area contributed by atoms with E-state index in [1.165, 1.54) is 12.2 Å².